The summed E-state index contributed by atoms with van der Waals surface area (Å²) in [6, 6.07) is 21.7. The number of aromatic nitrogens is 2. The third-order valence-electron chi connectivity index (χ3n) is 4.01. The fraction of sp³-hybridized carbons (Fsp3) is 0.0500. The van der Waals surface area contributed by atoms with Crippen LogP contribution in [0.15, 0.2) is 72.9 Å². The number of halogens is 2. The summed E-state index contributed by atoms with van der Waals surface area (Å²) in [5, 5.41) is 4.81. The van der Waals surface area contributed by atoms with Crippen molar-refractivity contribution in [2.24, 2.45) is 0 Å². The number of fused-ring (bicyclic) bond motifs is 1. The molecule has 0 bridgehead atoms. The van der Waals surface area contributed by atoms with Gasteiger partial charge in [0.05, 0.1) is 10.0 Å². The van der Waals surface area contributed by atoms with E-state index in [2.05, 4.69) is 17.4 Å². The molecule has 3 nitrogen and oxygen atoms in total. The first kappa shape index (κ1) is 16.0. The van der Waals surface area contributed by atoms with Crippen LogP contribution in [0.1, 0.15) is 5.56 Å². The summed E-state index contributed by atoms with van der Waals surface area (Å²) in [7, 11) is 0. The van der Waals surface area contributed by atoms with Crippen molar-refractivity contribution in [3.63, 3.8) is 0 Å². The van der Waals surface area contributed by atoms with Crippen molar-refractivity contribution < 1.29 is 0 Å². The van der Waals surface area contributed by atoms with Crippen LogP contribution in [0.5, 0.6) is 0 Å². The van der Waals surface area contributed by atoms with Gasteiger partial charge in [-0.1, -0.05) is 71.7 Å². The fourth-order valence-electron chi connectivity index (χ4n) is 2.81. The highest BCUT2D eigenvalue weighted by molar-refractivity contribution is 6.33. The highest BCUT2D eigenvalue weighted by Crippen LogP contribution is 2.34. The highest BCUT2D eigenvalue weighted by Gasteiger charge is 2.16. The van der Waals surface area contributed by atoms with Gasteiger partial charge >= 0.3 is 0 Å². The minimum atomic E-state index is 0.651. The van der Waals surface area contributed by atoms with Gasteiger partial charge in [0.15, 0.2) is 0 Å². The van der Waals surface area contributed by atoms with Crippen LogP contribution < -0.4 is 5.32 Å². The van der Waals surface area contributed by atoms with Gasteiger partial charge in [0, 0.05) is 18.3 Å². The number of rotatable bonds is 4. The maximum Gasteiger partial charge on any atom is 0.139 e. The molecule has 0 amide bonds. The lowest BCUT2D eigenvalue weighted by Crippen LogP contribution is -2.03. The minimum Gasteiger partial charge on any atom is -0.365 e. The molecule has 1 N–H and O–H groups in total. The molecule has 2 heterocycles. The number of nitrogens with zero attached hydrogens (tertiary/aromatic N) is 2. The van der Waals surface area contributed by atoms with Crippen molar-refractivity contribution in [1.82, 2.24) is 9.38 Å². The largest absolute Gasteiger partial charge is 0.365 e. The Morgan fingerprint density at radius 3 is 2.44 bits per heavy atom. The molecule has 25 heavy (non-hydrogen) atoms. The molecule has 0 aliphatic rings. The van der Waals surface area contributed by atoms with E-state index in [-0.39, 0.29) is 0 Å². The lowest BCUT2D eigenvalue weighted by atomic mass is 10.1. The first-order chi connectivity index (χ1) is 12.2. The molecule has 0 spiro atoms. The van der Waals surface area contributed by atoms with Crippen LogP contribution in [-0.4, -0.2) is 9.38 Å². The van der Waals surface area contributed by atoms with Gasteiger partial charge in [-0.15, -0.1) is 0 Å². The lowest BCUT2D eigenvalue weighted by molar-refractivity contribution is 1.08. The molecular weight excluding hydrogens is 353 g/mol. The Kier molecular flexibility index (Phi) is 4.35. The Morgan fingerprint density at radius 2 is 1.64 bits per heavy atom. The number of pyridine rings is 1. The van der Waals surface area contributed by atoms with Gasteiger partial charge in [-0.3, -0.25) is 4.40 Å². The average molecular weight is 368 g/mol. The third-order valence-corrected chi connectivity index (χ3v) is 4.57. The van der Waals surface area contributed by atoms with Gasteiger partial charge in [-0.25, -0.2) is 4.98 Å². The molecule has 2 aromatic heterocycles. The number of benzene rings is 2. The Morgan fingerprint density at radius 1 is 0.880 bits per heavy atom. The Hall–Kier alpha value is -2.49. The SMILES string of the molecule is Clc1ccc2nc(-c3ccccc3Cl)c(NCc3ccccc3)n2c1. The minimum absolute atomic E-state index is 0.651. The van der Waals surface area contributed by atoms with E-state index in [1.807, 2.05) is 65.2 Å². The van der Waals surface area contributed by atoms with Crippen molar-refractivity contribution in [3.8, 4) is 11.3 Å². The second-order valence-corrected chi connectivity index (χ2v) is 6.55. The van der Waals surface area contributed by atoms with Crippen LogP contribution in [0.2, 0.25) is 10.0 Å². The molecule has 4 aromatic rings. The Bertz CT molecular complexity index is 1030. The first-order valence-corrected chi connectivity index (χ1v) is 8.68. The Balaban J connectivity index is 1.83. The van der Waals surface area contributed by atoms with Crippen LogP contribution in [0.3, 0.4) is 0 Å². The maximum atomic E-state index is 6.40. The van der Waals surface area contributed by atoms with Crippen LogP contribution in [0.4, 0.5) is 5.82 Å². The van der Waals surface area contributed by atoms with Gasteiger partial charge in [-0.2, -0.15) is 0 Å². The van der Waals surface area contributed by atoms with E-state index in [0.717, 1.165) is 22.7 Å². The predicted molar refractivity (Wildman–Crippen MR) is 104 cm³/mol. The summed E-state index contributed by atoms with van der Waals surface area (Å²) in [5.41, 5.74) is 3.70. The van der Waals surface area contributed by atoms with Gasteiger partial charge in [0.2, 0.25) is 0 Å². The molecule has 0 atom stereocenters. The van der Waals surface area contributed by atoms with E-state index in [1.165, 1.54) is 5.56 Å². The van der Waals surface area contributed by atoms with E-state index >= 15 is 0 Å². The van der Waals surface area contributed by atoms with Crippen molar-refractivity contribution >= 4 is 34.7 Å². The smallest absolute Gasteiger partial charge is 0.139 e. The molecule has 5 heteroatoms. The topological polar surface area (TPSA) is 29.3 Å². The van der Waals surface area contributed by atoms with Gasteiger partial charge in [0.25, 0.3) is 0 Å². The molecule has 0 unspecified atom stereocenters. The molecule has 0 aliphatic carbocycles. The summed E-state index contributed by atoms with van der Waals surface area (Å²) in [6.07, 6.45) is 1.86. The molecule has 0 saturated heterocycles. The van der Waals surface area contributed by atoms with Crippen molar-refractivity contribution in [1.29, 1.82) is 0 Å². The molecule has 0 fully saturated rings. The lowest BCUT2D eigenvalue weighted by Gasteiger charge is -2.10. The number of imidazole rings is 1. The monoisotopic (exact) mass is 367 g/mol. The number of anilines is 1. The zero-order valence-electron chi connectivity index (χ0n) is 13.3. The zero-order valence-corrected chi connectivity index (χ0v) is 14.8. The summed E-state index contributed by atoms with van der Waals surface area (Å²) < 4.78 is 1.96. The van der Waals surface area contributed by atoms with Crippen LogP contribution in [0.25, 0.3) is 16.9 Å². The molecule has 0 aliphatic heterocycles. The maximum absolute atomic E-state index is 6.40. The van der Waals surface area contributed by atoms with E-state index in [9.17, 15) is 0 Å². The predicted octanol–water partition coefficient (Wildman–Crippen LogP) is 5.92. The standard InChI is InChI=1S/C20H15Cl2N3/c21-15-10-11-18-24-19(16-8-4-5-9-17(16)22)20(25(18)13-15)23-12-14-6-2-1-3-7-14/h1-11,13,23H,12H2. The second kappa shape index (κ2) is 6.79. The molecule has 0 saturated carbocycles. The van der Waals surface area contributed by atoms with Gasteiger partial charge in [0.1, 0.15) is 17.2 Å². The van der Waals surface area contributed by atoms with E-state index in [4.69, 9.17) is 28.2 Å². The number of hydrogen-bond donors (Lipinski definition) is 1. The van der Waals surface area contributed by atoms with Crippen LogP contribution in [-0.2, 0) is 6.54 Å². The van der Waals surface area contributed by atoms with E-state index in [1.54, 1.807) is 0 Å². The van der Waals surface area contributed by atoms with E-state index < -0.39 is 0 Å². The number of hydrogen-bond acceptors (Lipinski definition) is 2. The fourth-order valence-corrected chi connectivity index (χ4v) is 3.20. The molecule has 2 aromatic carbocycles. The summed E-state index contributed by atoms with van der Waals surface area (Å²) in [6.45, 7) is 0.679. The van der Waals surface area contributed by atoms with E-state index in [0.29, 0.717) is 16.6 Å². The Labute approximate surface area is 155 Å². The van der Waals surface area contributed by atoms with Crippen molar-refractivity contribution in [2.75, 3.05) is 5.32 Å². The average Bonchev–Trinajstić information content (AvgIpc) is 2.99. The molecule has 124 valence electrons. The number of nitrogens with one attached hydrogen (secondary N) is 1. The van der Waals surface area contributed by atoms with Crippen molar-refractivity contribution in [3.05, 3.63) is 88.5 Å². The molecule has 0 radical (unpaired) electrons. The van der Waals surface area contributed by atoms with Crippen LogP contribution >= 0.6 is 23.2 Å². The summed E-state index contributed by atoms with van der Waals surface area (Å²) in [4.78, 5) is 4.75. The summed E-state index contributed by atoms with van der Waals surface area (Å²) >= 11 is 12.6. The van der Waals surface area contributed by atoms with Crippen LogP contribution in [0, 0.1) is 0 Å². The quantitative estimate of drug-likeness (QED) is 0.484. The normalized spacial score (nSPS) is 11.0. The third kappa shape index (κ3) is 3.21. The zero-order chi connectivity index (χ0) is 17.2. The van der Waals surface area contributed by atoms with Crippen molar-refractivity contribution in [2.45, 2.75) is 6.54 Å². The molecule has 4 rings (SSSR count). The van der Waals surface area contributed by atoms with Gasteiger partial charge < -0.3 is 5.32 Å². The highest BCUT2D eigenvalue weighted by atomic mass is 35.5. The second-order valence-electron chi connectivity index (χ2n) is 5.70. The van der Waals surface area contributed by atoms with Gasteiger partial charge in [-0.05, 0) is 23.8 Å². The molecular formula is C20H15Cl2N3. The summed E-state index contributed by atoms with van der Waals surface area (Å²) in [5.74, 6) is 0.870. The first-order valence-electron chi connectivity index (χ1n) is 7.93.